The minimum absolute atomic E-state index is 0.139. The molecule has 2 aliphatic rings. The summed E-state index contributed by atoms with van der Waals surface area (Å²) in [4.78, 5) is 24.2. The number of anilines is 2. The number of rotatable bonds is 5. The number of carbonyl (C=O) groups excluding carboxylic acids is 1. The third-order valence-electron chi connectivity index (χ3n) is 6.49. The molecule has 5 rings (SSSR count). The van der Waals surface area contributed by atoms with Gasteiger partial charge in [-0.1, -0.05) is 6.92 Å². The second kappa shape index (κ2) is 8.49. The molecule has 0 radical (unpaired) electrons. The van der Waals surface area contributed by atoms with Gasteiger partial charge >= 0.3 is 0 Å². The Morgan fingerprint density at radius 1 is 1.30 bits per heavy atom. The summed E-state index contributed by atoms with van der Waals surface area (Å²) < 4.78 is 30.0. The lowest BCUT2D eigenvalue weighted by Gasteiger charge is -2.35. The lowest BCUT2D eigenvalue weighted by atomic mass is 9.99. The maximum atomic E-state index is 15.0. The van der Waals surface area contributed by atoms with E-state index in [0.717, 1.165) is 18.5 Å². The summed E-state index contributed by atoms with van der Waals surface area (Å²) >= 11 is 1.17. The van der Waals surface area contributed by atoms with Gasteiger partial charge in [0.05, 0.1) is 17.1 Å². The van der Waals surface area contributed by atoms with Gasteiger partial charge in [0.25, 0.3) is 5.91 Å². The number of aromatic nitrogens is 2. The predicted molar refractivity (Wildman–Crippen MR) is 126 cm³/mol. The van der Waals surface area contributed by atoms with Gasteiger partial charge < -0.3 is 21.3 Å². The summed E-state index contributed by atoms with van der Waals surface area (Å²) in [5.41, 5.74) is 8.14. The molecular formula is C23H26F2N6OS. The minimum atomic E-state index is -0.468. The second-order valence-electron chi connectivity index (χ2n) is 8.99. The SMILES string of the molecule is Cc1cnc2c(N)c(C(=O)NC[C@H](C)c3cc(F)c(N4CC5CCC(C4)N5)cc3F)sc2n1. The number of hydrogen-bond acceptors (Lipinski definition) is 7. The summed E-state index contributed by atoms with van der Waals surface area (Å²) in [5.74, 6) is -1.71. The van der Waals surface area contributed by atoms with Crippen molar-refractivity contribution in [3.8, 4) is 0 Å². The van der Waals surface area contributed by atoms with Crippen molar-refractivity contribution in [2.75, 3.05) is 30.3 Å². The quantitative estimate of drug-likeness (QED) is 0.527. The Kier molecular flexibility index (Phi) is 5.65. The number of nitrogens with zero attached hydrogens (tertiary/aromatic N) is 3. The standard InChI is InChI=1S/C23H26F2N6OS/c1-11(7-28-22(32)21-19(26)20-23(33-21)29-12(2)8-27-20)15-5-17(25)18(6-16(15)24)31-9-13-3-4-14(10-31)30-13/h5-6,8,11,13-14,30H,3-4,7,9-10,26H2,1-2H3,(H,28,32)/t11-,13?,14?/m0/s1. The van der Waals surface area contributed by atoms with Crippen molar-refractivity contribution in [1.29, 1.82) is 0 Å². The van der Waals surface area contributed by atoms with Crippen molar-refractivity contribution in [2.45, 2.75) is 44.7 Å². The molecule has 2 aliphatic heterocycles. The molecule has 2 unspecified atom stereocenters. The van der Waals surface area contributed by atoms with Gasteiger partial charge in [-0.2, -0.15) is 0 Å². The summed E-state index contributed by atoms with van der Waals surface area (Å²) in [5, 5.41) is 6.28. The first-order chi connectivity index (χ1) is 15.8. The van der Waals surface area contributed by atoms with Gasteiger partial charge in [-0.05, 0) is 31.4 Å². The molecule has 0 saturated carbocycles. The zero-order chi connectivity index (χ0) is 23.3. The molecule has 4 heterocycles. The van der Waals surface area contributed by atoms with Gasteiger partial charge in [-0.25, -0.2) is 18.7 Å². The van der Waals surface area contributed by atoms with E-state index in [0.29, 0.717) is 46.1 Å². The molecule has 2 saturated heterocycles. The van der Waals surface area contributed by atoms with Crippen molar-refractivity contribution >= 4 is 39.0 Å². The monoisotopic (exact) mass is 472 g/mol. The van der Waals surface area contributed by atoms with E-state index < -0.39 is 17.6 Å². The number of thiophene rings is 1. The minimum Gasteiger partial charge on any atom is -0.396 e. The number of nitrogens with one attached hydrogen (secondary N) is 2. The zero-order valence-electron chi connectivity index (χ0n) is 18.5. The molecule has 0 spiro atoms. The van der Waals surface area contributed by atoms with Crippen molar-refractivity contribution in [3.05, 3.63) is 46.1 Å². The van der Waals surface area contributed by atoms with Crippen LogP contribution in [0.4, 0.5) is 20.2 Å². The highest BCUT2D eigenvalue weighted by Crippen LogP contribution is 2.32. The summed E-state index contributed by atoms with van der Waals surface area (Å²) in [6, 6.07) is 3.21. The van der Waals surface area contributed by atoms with Crippen molar-refractivity contribution in [2.24, 2.45) is 0 Å². The van der Waals surface area contributed by atoms with Crippen LogP contribution < -0.4 is 21.3 Å². The molecule has 0 aliphatic carbocycles. The number of fused-ring (bicyclic) bond motifs is 3. The number of hydrogen-bond donors (Lipinski definition) is 3. The highest BCUT2D eigenvalue weighted by atomic mass is 32.1. The molecule has 2 aromatic heterocycles. The normalized spacial score (nSPS) is 20.9. The average Bonchev–Trinajstić information content (AvgIpc) is 3.30. The lowest BCUT2D eigenvalue weighted by Crippen LogP contribution is -2.51. The van der Waals surface area contributed by atoms with Gasteiger partial charge in [0.1, 0.15) is 26.9 Å². The molecule has 33 heavy (non-hydrogen) atoms. The van der Waals surface area contributed by atoms with E-state index in [1.807, 2.05) is 11.8 Å². The van der Waals surface area contributed by atoms with E-state index >= 15 is 0 Å². The average molecular weight is 473 g/mol. The fourth-order valence-electron chi connectivity index (χ4n) is 4.74. The van der Waals surface area contributed by atoms with Crippen LogP contribution in [0.25, 0.3) is 10.3 Å². The molecule has 2 bridgehead atoms. The Bertz CT molecular complexity index is 1220. The number of amides is 1. The molecule has 7 nitrogen and oxygen atoms in total. The van der Waals surface area contributed by atoms with Gasteiger partial charge in [-0.15, -0.1) is 11.3 Å². The van der Waals surface area contributed by atoms with Crippen molar-refractivity contribution < 1.29 is 13.6 Å². The Hall–Kier alpha value is -2.85. The zero-order valence-corrected chi connectivity index (χ0v) is 19.3. The van der Waals surface area contributed by atoms with Crippen LogP contribution in [0.2, 0.25) is 0 Å². The lowest BCUT2D eigenvalue weighted by molar-refractivity contribution is 0.0956. The number of halogens is 2. The van der Waals surface area contributed by atoms with Crippen LogP contribution in [0, 0.1) is 18.6 Å². The Balaban J connectivity index is 1.29. The van der Waals surface area contributed by atoms with Crippen LogP contribution >= 0.6 is 11.3 Å². The van der Waals surface area contributed by atoms with Gasteiger partial charge in [-0.3, -0.25) is 4.79 Å². The van der Waals surface area contributed by atoms with Gasteiger partial charge in [0, 0.05) is 49.9 Å². The molecule has 1 aromatic carbocycles. The Morgan fingerprint density at radius 2 is 2.03 bits per heavy atom. The maximum Gasteiger partial charge on any atom is 0.263 e. The largest absolute Gasteiger partial charge is 0.396 e. The molecular weight excluding hydrogens is 446 g/mol. The third kappa shape index (κ3) is 4.13. The van der Waals surface area contributed by atoms with Gasteiger partial charge in [0.15, 0.2) is 0 Å². The first kappa shape index (κ1) is 22.0. The smallest absolute Gasteiger partial charge is 0.263 e. The van der Waals surface area contributed by atoms with E-state index in [9.17, 15) is 13.6 Å². The Labute approximate surface area is 194 Å². The van der Waals surface area contributed by atoms with E-state index in [1.54, 1.807) is 13.1 Å². The van der Waals surface area contributed by atoms with Crippen LogP contribution in [0.15, 0.2) is 18.3 Å². The number of carbonyl (C=O) groups is 1. The maximum absolute atomic E-state index is 15.0. The first-order valence-corrected chi connectivity index (χ1v) is 11.9. The number of piperazine rings is 1. The van der Waals surface area contributed by atoms with Crippen LogP contribution in [-0.2, 0) is 0 Å². The second-order valence-corrected chi connectivity index (χ2v) is 9.99. The number of benzene rings is 1. The molecule has 174 valence electrons. The molecule has 3 atom stereocenters. The summed E-state index contributed by atoms with van der Waals surface area (Å²) in [7, 11) is 0. The van der Waals surface area contributed by atoms with Crippen LogP contribution in [0.3, 0.4) is 0 Å². The number of nitrogens with two attached hydrogens (primary N) is 1. The number of aryl methyl sites for hydroxylation is 1. The topological polar surface area (TPSA) is 96.2 Å². The highest BCUT2D eigenvalue weighted by molar-refractivity contribution is 7.21. The predicted octanol–water partition coefficient (Wildman–Crippen LogP) is 3.33. The van der Waals surface area contributed by atoms with E-state index in [2.05, 4.69) is 20.6 Å². The van der Waals surface area contributed by atoms with Crippen LogP contribution in [0.5, 0.6) is 0 Å². The van der Waals surface area contributed by atoms with Crippen molar-refractivity contribution in [3.63, 3.8) is 0 Å². The highest BCUT2D eigenvalue weighted by Gasteiger charge is 2.33. The Morgan fingerprint density at radius 3 is 2.76 bits per heavy atom. The van der Waals surface area contributed by atoms with Crippen LogP contribution in [-0.4, -0.2) is 47.6 Å². The van der Waals surface area contributed by atoms with Crippen LogP contribution in [0.1, 0.15) is 46.6 Å². The van der Waals surface area contributed by atoms with E-state index in [4.69, 9.17) is 5.73 Å². The fraction of sp³-hybridized carbons (Fsp3) is 0.435. The summed E-state index contributed by atoms with van der Waals surface area (Å²) in [6.07, 6.45) is 3.73. The molecule has 4 N–H and O–H groups in total. The van der Waals surface area contributed by atoms with Gasteiger partial charge in [0.2, 0.25) is 0 Å². The molecule has 10 heteroatoms. The number of nitrogen functional groups attached to an aromatic ring is 1. The van der Waals surface area contributed by atoms with Crippen molar-refractivity contribution in [1.82, 2.24) is 20.6 Å². The first-order valence-electron chi connectivity index (χ1n) is 11.1. The van der Waals surface area contributed by atoms with E-state index in [-0.39, 0.29) is 23.7 Å². The molecule has 2 fully saturated rings. The van der Waals surface area contributed by atoms with E-state index in [1.165, 1.54) is 23.5 Å². The molecule has 3 aromatic rings. The fourth-order valence-corrected chi connectivity index (χ4v) is 5.75. The molecule has 1 amide bonds. The third-order valence-corrected chi connectivity index (χ3v) is 7.58. The summed E-state index contributed by atoms with van der Waals surface area (Å²) in [6.45, 7) is 5.06.